The van der Waals surface area contributed by atoms with Crippen LogP contribution in [0, 0.1) is 5.92 Å². The molecule has 0 radical (unpaired) electrons. The number of ether oxygens (including phenoxy) is 2. The summed E-state index contributed by atoms with van der Waals surface area (Å²) in [6.07, 6.45) is 1.79. The molecule has 1 aliphatic rings. The van der Waals surface area contributed by atoms with Gasteiger partial charge in [0.1, 0.15) is 5.82 Å². The van der Waals surface area contributed by atoms with E-state index in [0.717, 1.165) is 24.1 Å². The first-order valence-electron chi connectivity index (χ1n) is 10.0. The van der Waals surface area contributed by atoms with Gasteiger partial charge >= 0.3 is 0 Å². The maximum absolute atomic E-state index is 12.8. The lowest BCUT2D eigenvalue weighted by atomic mass is 10.2. The summed E-state index contributed by atoms with van der Waals surface area (Å²) in [6, 6.07) is 16.4. The Labute approximate surface area is 180 Å². The number of carbonyl (C=O) groups excluding carboxylic acids is 2. The number of methoxy groups -OCH3 is 2. The number of benzene rings is 2. The van der Waals surface area contributed by atoms with Crippen molar-refractivity contribution >= 4 is 17.6 Å². The van der Waals surface area contributed by atoms with Crippen molar-refractivity contribution in [1.29, 1.82) is 0 Å². The smallest absolute Gasteiger partial charge is 0.272 e. The maximum atomic E-state index is 12.8. The fourth-order valence-electron chi connectivity index (χ4n) is 3.18. The van der Waals surface area contributed by atoms with Crippen LogP contribution in [0.15, 0.2) is 54.6 Å². The Balaban J connectivity index is 1.52. The van der Waals surface area contributed by atoms with Gasteiger partial charge in [-0.05, 0) is 42.7 Å². The fraction of sp³-hybridized carbons (Fsp3) is 0.261. The van der Waals surface area contributed by atoms with E-state index < -0.39 is 0 Å². The second kappa shape index (κ2) is 8.91. The number of para-hydroxylation sites is 1. The molecule has 0 bridgehead atoms. The summed E-state index contributed by atoms with van der Waals surface area (Å²) in [5.41, 5.74) is 1.83. The molecule has 1 aliphatic carbocycles. The number of carbonyl (C=O) groups is 2. The highest BCUT2D eigenvalue weighted by Gasteiger charge is 2.30. The molecule has 31 heavy (non-hydrogen) atoms. The average molecular weight is 420 g/mol. The van der Waals surface area contributed by atoms with Crippen LogP contribution in [-0.4, -0.2) is 35.8 Å². The third-order valence-corrected chi connectivity index (χ3v) is 5.04. The van der Waals surface area contributed by atoms with Gasteiger partial charge in [-0.15, -0.1) is 0 Å². The number of rotatable bonds is 8. The van der Waals surface area contributed by atoms with Gasteiger partial charge in [-0.2, -0.15) is 5.10 Å². The molecule has 0 saturated heterocycles. The number of aromatic nitrogens is 2. The van der Waals surface area contributed by atoms with Gasteiger partial charge in [0.15, 0.2) is 17.2 Å². The minimum atomic E-state index is -0.341. The van der Waals surface area contributed by atoms with Crippen LogP contribution < -0.4 is 20.1 Å². The Morgan fingerprint density at radius 2 is 1.77 bits per heavy atom. The molecule has 2 aromatic carbocycles. The molecule has 2 N–H and O–H groups in total. The van der Waals surface area contributed by atoms with Gasteiger partial charge in [0, 0.05) is 18.5 Å². The van der Waals surface area contributed by atoms with E-state index in [1.807, 2.05) is 42.5 Å². The number of amides is 2. The van der Waals surface area contributed by atoms with Gasteiger partial charge in [-0.3, -0.25) is 9.59 Å². The van der Waals surface area contributed by atoms with Crippen molar-refractivity contribution in [3.05, 3.63) is 65.9 Å². The van der Waals surface area contributed by atoms with Crippen LogP contribution in [0.1, 0.15) is 28.9 Å². The van der Waals surface area contributed by atoms with E-state index >= 15 is 0 Å². The summed E-state index contributed by atoms with van der Waals surface area (Å²) in [7, 11) is 3.13. The van der Waals surface area contributed by atoms with Crippen molar-refractivity contribution in [2.75, 3.05) is 19.5 Å². The summed E-state index contributed by atoms with van der Waals surface area (Å²) >= 11 is 0. The molecule has 8 heteroatoms. The van der Waals surface area contributed by atoms with Crippen molar-refractivity contribution in [3.8, 4) is 17.2 Å². The predicted molar refractivity (Wildman–Crippen MR) is 116 cm³/mol. The van der Waals surface area contributed by atoms with Crippen molar-refractivity contribution in [2.45, 2.75) is 19.4 Å². The first-order chi connectivity index (χ1) is 15.1. The van der Waals surface area contributed by atoms with Crippen LogP contribution in [0.4, 0.5) is 5.82 Å². The molecule has 8 nitrogen and oxygen atoms in total. The fourth-order valence-corrected chi connectivity index (χ4v) is 3.18. The van der Waals surface area contributed by atoms with E-state index in [4.69, 9.17) is 9.47 Å². The second-order valence-corrected chi connectivity index (χ2v) is 7.30. The highest BCUT2D eigenvalue weighted by Crippen LogP contribution is 2.31. The molecular weight excluding hydrogens is 396 g/mol. The molecule has 1 saturated carbocycles. The predicted octanol–water partition coefficient (Wildman–Crippen LogP) is 3.17. The molecule has 0 spiro atoms. The van der Waals surface area contributed by atoms with Gasteiger partial charge in [0.25, 0.3) is 5.91 Å². The van der Waals surface area contributed by atoms with Gasteiger partial charge < -0.3 is 20.1 Å². The van der Waals surface area contributed by atoms with Gasteiger partial charge in [-0.25, -0.2) is 4.68 Å². The summed E-state index contributed by atoms with van der Waals surface area (Å²) in [4.78, 5) is 25.1. The minimum Gasteiger partial charge on any atom is -0.493 e. The monoisotopic (exact) mass is 420 g/mol. The number of nitrogens with zero attached hydrogens (tertiary/aromatic N) is 2. The van der Waals surface area contributed by atoms with Crippen molar-refractivity contribution < 1.29 is 19.1 Å². The van der Waals surface area contributed by atoms with Crippen LogP contribution >= 0.6 is 0 Å². The standard InChI is InChI=1S/C23H24N4O4/c1-30-19-11-8-15(12-20(19)31-2)14-24-23(29)18-13-21(25-22(28)16-9-10-16)27(26-18)17-6-4-3-5-7-17/h3-8,11-13,16H,9-10,14H2,1-2H3,(H,24,29)(H,25,28). The van der Waals surface area contributed by atoms with Crippen LogP contribution in [-0.2, 0) is 11.3 Å². The third kappa shape index (κ3) is 4.69. The van der Waals surface area contributed by atoms with Crippen LogP contribution in [0.3, 0.4) is 0 Å². The maximum Gasteiger partial charge on any atom is 0.272 e. The molecule has 2 amide bonds. The van der Waals surface area contributed by atoms with E-state index in [0.29, 0.717) is 23.9 Å². The SMILES string of the molecule is COc1ccc(CNC(=O)c2cc(NC(=O)C3CC3)n(-c3ccccc3)n2)cc1OC. The molecule has 0 atom stereocenters. The summed E-state index contributed by atoms with van der Waals surface area (Å²) in [5.74, 6) is 1.34. The minimum absolute atomic E-state index is 0.0430. The van der Waals surface area contributed by atoms with Crippen molar-refractivity contribution in [2.24, 2.45) is 5.92 Å². The molecule has 4 rings (SSSR count). The highest BCUT2D eigenvalue weighted by molar-refractivity contribution is 5.97. The molecule has 1 heterocycles. The average Bonchev–Trinajstić information content (AvgIpc) is 3.58. The van der Waals surface area contributed by atoms with Crippen LogP contribution in [0.2, 0.25) is 0 Å². The number of anilines is 1. The molecule has 1 fully saturated rings. The van der Waals surface area contributed by atoms with Crippen LogP contribution in [0.5, 0.6) is 11.5 Å². The lowest BCUT2D eigenvalue weighted by Gasteiger charge is -2.10. The highest BCUT2D eigenvalue weighted by atomic mass is 16.5. The number of hydrogen-bond donors (Lipinski definition) is 2. The van der Waals surface area contributed by atoms with Crippen molar-refractivity contribution in [1.82, 2.24) is 15.1 Å². The molecule has 1 aromatic heterocycles. The Kier molecular flexibility index (Phi) is 5.88. The topological polar surface area (TPSA) is 94.5 Å². The van der Waals surface area contributed by atoms with Crippen LogP contribution in [0.25, 0.3) is 5.69 Å². The molecular formula is C23H24N4O4. The van der Waals surface area contributed by atoms with E-state index in [1.54, 1.807) is 31.0 Å². The largest absolute Gasteiger partial charge is 0.493 e. The third-order valence-electron chi connectivity index (χ3n) is 5.04. The van der Waals surface area contributed by atoms with E-state index in [-0.39, 0.29) is 23.4 Å². The second-order valence-electron chi connectivity index (χ2n) is 7.30. The summed E-state index contributed by atoms with van der Waals surface area (Å²) in [5, 5.41) is 10.2. The Hall–Kier alpha value is -3.81. The molecule has 0 unspecified atom stereocenters. The lowest BCUT2D eigenvalue weighted by molar-refractivity contribution is -0.117. The lowest BCUT2D eigenvalue weighted by Crippen LogP contribution is -2.23. The van der Waals surface area contributed by atoms with Gasteiger partial charge in [0.2, 0.25) is 5.91 Å². The molecule has 160 valence electrons. The quantitative estimate of drug-likeness (QED) is 0.584. The molecule has 0 aliphatic heterocycles. The van der Waals surface area contributed by atoms with E-state index in [9.17, 15) is 9.59 Å². The van der Waals surface area contributed by atoms with E-state index in [2.05, 4.69) is 15.7 Å². The van der Waals surface area contributed by atoms with Crippen molar-refractivity contribution in [3.63, 3.8) is 0 Å². The zero-order valence-electron chi connectivity index (χ0n) is 17.4. The molecule has 3 aromatic rings. The number of nitrogens with one attached hydrogen (secondary N) is 2. The summed E-state index contributed by atoms with van der Waals surface area (Å²) < 4.78 is 12.1. The summed E-state index contributed by atoms with van der Waals surface area (Å²) in [6.45, 7) is 0.293. The Morgan fingerprint density at radius 3 is 2.45 bits per heavy atom. The first kappa shape index (κ1) is 20.5. The number of hydrogen-bond acceptors (Lipinski definition) is 5. The van der Waals surface area contributed by atoms with Gasteiger partial charge in [0.05, 0.1) is 19.9 Å². The first-order valence-corrected chi connectivity index (χ1v) is 10.0. The van der Waals surface area contributed by atoms with E-state index in [1.165, 1.54) is 0 Å². The zero-order valence-corrected chi connectivity index (χ0v) is 17.4. The Morgan fingerprint density at radius 1 is 1.03 bits per heavy atom. The zero-order chi connectivity index (χ0) is 21.8. The van der Waals surface area contributed by atoms with Gasteiger partial charge in [-0.1, -0.05) is 24.3 Å². The normalized spacial score (nSPS) is 12.8. The Bertz CT molecular complexity index is 1090.